The second-order valence-corrected chi connectivity index (χ2v) is 10.5. The molecule has 0 bridgehead atoms. The second-order valence-electron chi connectivity index (χ2n) is 9.55. The summed E-state index contributed by atoms with van der Waals surface area (Å²) in [7, 11) is 2.17. The molecular weight excluding hydrogens is 458 g/mol. The van der Waals surface area contributed by atoms with Gasteiger partial charge in [-0.05, 0) is 55.6 Å². The molecule has 3 heterocycles. The molecule has 2 aromatic heterocycles. The normalized spacial score (nSPS) is 17.5. The van der Waals surface area contributed by atoms with Gasteiger partial charge >= 0.3 is 0 Å². The monoisotopic (exact) mass is 493 g/mol. The van der Waals surface area contributed by atoms with E-state index in [0.29, 0.717) is 19.0 Å². The van der Waals surface area contributed by atoms with Gasteiger partial charge in [-0.15, -0.1) is 11.3 Å². The average Bonchev–Trinajstić information content (AvgIpc) is 3.37. The van der Waals surface area contributed by atoms with Crippen LogP contribution in [0.2, 0.25) is 0 Å². The highest BCUT2D eigenvalue weighted by atomic mass is 32.1. The van der Waals surface area contributed by atoms with Crippen molar-refractivity contribution in [3.05, 3.63) is 35.7 Å². The number of carbonyl (C=O) groups is 1. The van der Waals surface area contributed by atoms with E-state index in [1.54, 1.807) is 11.3 Å². The zero-order valence-electron chi connectivity index (χ0n) is 20.4. The fourth-order valence-electron chi connectivity index (χ4n) is 4.86. The van der Waals surface area contributed by atoms with Gasteiger partial charge in [0.15, 0.2) is 0 Å². The maximum absolute atomic E-state index is 12.4. The number of likely N-dealkylation sites (N-methyl/N-ethyl adjacent to an activating group) is 1. The Morgan fingerprint density at radius 1 is 1.00 bits per heavy atom. The molecule has 0 unspecified atom stereocenters. The lowest BCUT2D eigenvalue weighted by Gasteiger charge is -2.34. The van der Waals surface area contributed by atoms with E-state index in [0.717, 1.165) is 60.7 Å². The molecule has 0 spiro atoms. The predicted molar refractivity (Wildman–Crippen MR) is 145 cm³/mol. The van der Waals surface area contributed by atoms with E-state index in [-0.39, 0.29) is 11.8 Å². The van der Waals surface area contributed by atoms with E-state index in [1.165, 1.54) is 24.9 Å². The van der Waals surface area contributed by atoms with Crippen molar-refractivity contribution in [2.24, 2.45) is 5.92 Å². The molecule has 2 aliphatic rings. The molecular formula is C26H35N7OS. The zero-order valence-corrected chi connectivity index (χ0v) is 21.2. The number of nitrogens with one attached hydrogen (secondary N) is 3. The van der Waals surface area contributed by atoms with Gasteiger partial charge in [0.25, 0.3) is 0 Å². The number of amides is 1. The van der Waals surface area contributed by atoms with Crippen LogP contribution >= 0.6 is 11.3 Å². The molecule has 1 aromatic carbocycles. The van der Waals surface area contributed by atoms with Crippen molar-refractivity contribution in [2.75, 3.05) is 61.8 Å². The van der Waals surface area contributed by atoms with Crippen molar-refractivity contribution in [3.8, 4) is 0 Å². The zero-order chi connectivity index (χ0) is 24.0. The predicted octanol–water partition coefficient (Wildman–Crippen LogP) is 4.30. The first-order valence-electron chi connectivity index (χ1n) is 12.7. The number of carbonyl (C=O) groups excluding carboxylic acids is 1. The lowest BCUT2D eigenvalue weighted by atomic mass is 9.89. The summed E-state index contributed by atoms with van der Waals surface area (Å²) in [5, 5.41) is 11.9. The SMILES string of the molecule is CN1CCN(c2ccc(Nc3nc(NCCNC(=O)C4CCCCC4)c4sccc4n3)cc2)CC1. The van der Waals surface area contributed by atoms with Crippen LogP contribution in [0.3, 0.4) is 0 Å². The number of rotatable bonds is 8. The summed E-state index contributed by atoms with van der Waals surface area (Å²) >= 11 is 1.62. The highest BCUT2D eigenvalue weighted by Crippen LogP contribution is 2.29. The largest absolute Gasteiger partial charge is 0.369 e. The number of aromatic nitrogens is 2. The molecule has 5 rings (SSSR count). The van der Waals surface area contributed by atoms with Gasteiger partial charge in [-0.25, -0.2) is 4.98 Å². The Morgan fingerprint density at radius 3 is 2.54 bits per heavy atom. The second kappa shape index (κ2) is 11.2. The van der Waals surface area contributed by atoms with Gasteiger partial charge in [-0.3, -0.25) is 4.79 Å². The Balaban J connectivity index is 1.19. The van der Waals surface area contributed by atoms with Crippen LogP contribution < -0.4 is 20.9 Å². The fraction of sp³-hybridized carbons (Fsp3) is 0.500. The van der Waals surface area contributed by atoms with Gasteiger partial charge in [0, 0.05) is 56.6 Å². The summed E-state index contributed by atoms with van der Waals surface area (Å²) < 4.78 is 1.03. The van der Waals surface area contributed by atoms with Crippen LogP contribution in [0.1, 0.15) is 32.1 Å². The smallest absolute Gasteiger partial charge is 0.229 e. The van der Waals surface area contributed by atoms with Crippen molar-refractivity contribution >= 4 is 50.6 Å². The van der Waals surface area contributed by atoms with Crippen LogP contribution in [0.15, 0.2) is 35.7 Å². The van der Waals surface area contributed by atoms with Crippen molar-refractivity contribution in [3.63, 3.8) is 0 Å². The van der Waals surface area contributed by atoms with E-state index < -0.39 is 0 Å². The summed E-state index contributed by atoms with van der Waals surface area (Å²) in [6, 6.07) is 10.5. The Morgan fingerprint density at radius 2 is 1.77 bits per heavy atom. The summed E-state index contributed by atoms with van der Waals surface area (Å²) in [5.74, 6) is 1.74. The number of anilines is 4. The van der Waals surface area contributed by atoms with Crippen molar-refractivity contribution in [1.82, 2.24) is 20.2 Å². The first-order chi connectivity index (χ1) is 17.2. The van der Waals surface area contributed by atoms with Gasteiger partial charge in [0.1, 0.15) is 5.82 Å². The molecule has 1 aliphatic carbocycles. The maximum Gasteiger partial charge on any atom is 0.229 e. The molecule has 1 saturated heterocycles. The summed E-state index contributed by atoms with van der Waals surface area (Å²) in [5.41, 5.74) is 3.12. The Labute approximate surface area is 211 Å². The summed E-state index contributed by atoms with van der Waals surface area (Å²) in [6.45, 7) is 5.50. The standard InChI is InChI=1S/C26H35N7OS/c1-32-14-16-33(17-15-32)21-9-7-20(8-10-21)29-26-30-22-11-18-35-23(22)24(31-26)27-12-13-28-25(34)19-5-3-2-4-6-19/h7-11,18-19H,2-6,12-17H2,1H3,(H,28,34)(H2,27,29,30,31). The average molecular weight is 494 g/mol. The van der Waals surface area contributed by atoms with Gasteiger partial charge in [-0.2, -0.15) is 4.98 Å². The molecule has 1 saturated carbocycles. The Hall–Kier alpha value is -2.91. The van der Waals surface area contributed by atoms with Crippen LogP contribution in [0, 0.1) is 5.92 Å². The van der Waals surface area contributed by atoms with E-state index >= 15 is 0 Å². The number of piperazine rings is 1. The summed E-state index contributed by atoms with van der Waals surface area (Å²) in [4.78, 5) is 26.6. The van der Waals surface area contributed by atoms with Gasteiger partial charge in [0.2, 0.25) is 11.9 Å². The van der Waals surface area contributed by atoms with E-state index in [4.69, 9.17) is 9.97 Å². The van der Waals surface area contributed by atoms with Gasteiger partial charge in [-0.1, -0.05) is 19.3 Å². The first-order valence-corrected chi connectivity index (χ1v) is 13.6. The number of nitrogens with zero attached hydrogens (tertiary/aromatic N) is 4. The van der Waals surface area contributed by atoms with Crippen LogP contribution in [0.25, 0.3) is 10.2 Å². The number of thiophene rings is 1. The first kappa shape index (κ1) is 23.8. The molecule has 9 heteroatoms. The lowest BCUT2D eigenvalue weighted by Crippen LogP contribution is -2.44. The van der Waals surface area contributed by atoms with Crippen molar-refractivity contribution < 1.29 is 4.79 Å². The Kier molecular flexibility index (Phi) is 7.63. The molecule has 186 valence electrons. The maximum atomic E-state index is 12.4. The van der Waals surface area contributed by atoms with E-state index in [9.17, 15) is 4.79 Å². The molecule has 1 aliphatic heterocycles. The minimum atomic E-state index is 0.185. The van der Waals surface area contributed by atoms with Crippen LogP contribution in [0.5, 0.6) is 0 Å². The number of benzene rings is 1. The molecule has 8 nitrogen and oxygen atoms in total. The van der Waals surface area contributed by atoms with Crippen LogP contribution in [0.4, 0.5) is 23.1 Å². The number of fused-ring (bicyclic) bond motifs is 1. The third kappa shape index (κ3) is 6.02. The van der Waals surface area contributed by atoms with Crippen molar-refractivity contribution in [1.29, 1.82) is 0 Å². The van der Waals surface area contributed by atoms with Crippen LogP contribution in [-0.4, -0.2) is 67.1 Å². The quantitative estimate of drug-likeness (QED) is 0.404. The topological polar surface area (TPSA) is 85.4 Å². The molecule has 0 radical (unpaired) electrons. The van der Waals surface area contributed by atoms with E-state index in [2.05, 4.69) is 57.1 Å². The third-order valence-electron chi connectivity index (χ3n) is 6.99. The third-order valence-corrected chi connectivity index (χ3v) is 7.90. The molecule has 35 heavy (non-hydrogen) atoms. The van der Waals surface area contributed by atoms with Gasteiger partial charge in [0.05, 0.1) is 10.2 Å². The highest BCUT2D eigenvalue weighted by Gasteiger charge is 2.20. The lowest BCUT2D eigenvalue weighted by molar-refractivity contribution is -0.125. The minimum Gasteiger partial charge on any atom is -0.369 e. The molecule has 1 amide bonds. The van der Waals surface area contributed by atoms with Gasteiger partial charge < -0.3 is 25.8 Å². The van der Waals surface area contributed by atoms with Crippen molar-refractivity contribution in [2.45, 2.75) is 32.1 Å². The molecule has 0 atom stereocenters. The molecule has 3 aromatic rings. The number of hydrogen-bond acceptors (Lipinski definition) is 8. The summed E-state index contributed by atoms with van der Waals surface area (Å²) in [6.07, 6.45) is 5.63. The highest BCUT2D eigenvalue weighted by molar-refractivity contribution is 7.17. The minimum absolute atomic E-state index is 0.185. The fourth-order valence-corrected chi connectivity index (χ4v) is 5.66. The molecule has 3 N–H and O–H groups in total. The van der Waals surface area contributed by atoms with Crippen LogP contribution in [-0.2, 0) is 4.79 Å². The van der Waals surface area contributed by atoms with E-state index in [1.807, 2.05) is 11.4 Å². The number of hydrogen-bond donors (Lipinski definition) is 3. The molecule has 2 fully saturated rings. The Bertz CT molecular complexity index is 1120.